The van der Waals surface area contributed by atoms with Crippen molar-refractivity contribution in [3.05, 3.63) is 155 Å². The highest BCUT2D eigenvalue weighted by atomic mass is 14.3. The molecule has 0 nitrogen and oxygen atoms in total. The van der Waals surface area contributed by atoms with E-state index in [0.717, 1.165) is 12.8 Å². The van der Waals surface area contributed by atoms with Crippen LogP contribution in [0.25, 0.3) is 56.0 Å². The maximum Gasteiger partial charge on any atom is -0.00132 e. The van der Waals surface area contributed by atoms with E-state index in [1.807, 2.05) is 0 Å². The lowest BCUT2D eigenvalue weighted by Gasteiger charge is -2.16. The average Bonchev–Trinajstić information content (AvgIpc) is 3.58. The third-order valence-corrected chi connectivity index (χ3v) is 8.27. The van der Waals surface area contributed by atoms with Gasteiger partial charge in [0.05, 0.1) is 0 Å². The Labute approximate surface area is 223 Å². The van der Waals surface area contributed by atoms with Crippen molar-refractivity contribution in [1.29, 1.82) is 0 Å². The number of allylic oxidation sites excluding steroid dienone is 2. The minimum atomic E-state index is 0.972. The molecule has 0 saturated carbocycles. The van der Waals surface area contributed by atoms with Crippen molar-refractivity contribution in [2.45, 2.75) is 12.8 Å². The first-order valence-corrected chi connectivity index (χ1v) is 13.4. The summed E-state index contributed by atoms with van der Waals surface area (Å²) in [4.78, 5) is 0. The summed E-state index contributed by atoms with van der Waals surface area (Å²) < 4.78 is 0. The van der Waals surface area contributed by atoms with Crippen molar-refractivity contribution >= 4 is 44.8 Å². The average molecular weight is 483 g/mol. The molecule has 0 aliphatic heterocycles. The normalized spacial score (nSPS) is 13.9. The Morgan fingerprint density at radius 2 is 0.684 bits per heavy atom. The Balaban J connectivity index is 1.21. The van der Waals surface area contributed by atoms with Gasteiger partial charge in [0.2, 0.25) is 0 Å². The summed E-state index contributed by atoms with van der Waals surface area (Å²) in [6, 6.07) is 44.7. The zero-order valence-corrected chi connectivity index (χ0v) is 21.1. The third-order valence-electron chi connectivity index (χ3n) is 8.27. The van der Waals surface area contributed by atoms with Gasteiger partial charge >= 0.3 is 0 Å². The van der Waals surface area contributed by atoms with Gasteiger partial charge in [0.15, 0.2) is 0 Å². The second-order valence-electron chi connectivity index (χ2n) is 10.6. The highest BCUT2D eigenvalue weighted by Crippen LogP contribution is 2.42. The van der Waals surface area contributed by atoms with Crippen LogP contribution in [0.2, 0.25) is 0 Å². The van der Waals surface area contributed by atoms with Crippen LogP contribution in [-0.4, -0.2) is 0 Å². The van der Waals surface area contributed by atoms with Crippen molar-refractivity contribution < 1.29 is 0 Å². The Bertz CT molecular complexity index is 1820. The Kier molecular flexibility index (Phi) is 4.75. The monoisotopic (exact) mass is 482 g/mol. The summed E-state index contributed by atoms with van der Waals surface area (Å²) in [6.07, 6.45) is 6.75. The maximum atomic E-state index is 2.40. The van der Waals surface area contributed by atoms with Crippen LogP contribution in [0.1, 0.15) is 33.4 Å². The van der Waals surface area contributed by atoms with Crippen LogP contribution in [0.5, 0.6) is 0 Å². The van der Waals surface area contributed by atoms with E-state index < -0.39 is 0 Å². The molecule has 0 fully saturated rings. The SMILES string of the molecule is C1=C(c2ccccc2-c2ccccc2C2=Cc3cc4ccccc4cc3C2)Cc2cc3ccccc3cc21. The Morgan fingerprint density at radius 1 is 0.342 bits per heavy atom. The number of benzene rings is 6. The summed E-state index contributed by atoms with van der Waals surface area (Å²) >= 11 is 0. The van der Waals surface area contributed by atoms with E-state index in [1.54, 1.807) is 0 Å². The standard InChI is InChI=1S/C38H26/c1-2-10-26-18-30-22-33(21-29(30)17-25(26)9-1)35-13-5-7-15-37(35)38-16-8-6-14-36(38)34-23-31-19-27-11-3-4-12-28(27)20-32(31)24-34/h1-21,23H,22,24H2. The van der Waals surface area contributed by atoms with E-state index in [1.165, 1.54) is 77.2 Å². The molecular formula is C38H26. The Morgan fingerprint density at radius 3 is 1.11 bits per heavy atom. The van der Waals surface area contributed by atoms with Crippen molar-refractivity contribution in [3.8, 4) is 11.1 Å². The molecule has 2 aliphatic carbocycles. The molecule has 0 heterocycles. The van der Waals surface area contributed by atoms with Crippen molar-refractivity contribution in [1.82, 2.24) is 0 Å². The molecule has 0 N–H and O–H groups in total. The van der Waals surface area contributed by atoms with E-state index >= 15 is 0 Å². The largest absolute Gasteiger partial charge is 0.0616 e. The van der Waals surface area contributed by atoms with Crippen LogP contribution in [-0.2, 0) is 12.8 Å². The molecule has 2 aliphatic rings. The molecule has 0 amide bonds. The summed E-state index contributed by atoms with van der Waals surface area (Å²) in [5.41, 5.74) is 13.6. The summed E-state index contributed by atoms with van der Waals surface area (Å²) in [7, 11) is 0. The van der Waals surface area contributed by atoms with Gasteiger partial charge in [-0.15, -0.1) is 0 Å². The zero-order valence-electron chi connectivity index (χ0n) is 21.1. The number of fused-ring (bicyclic) bond motifs is 4. The van der Waals surface area contributed by atoms with Gasteiger partial charge in [0.1, 0.15) is 0 Å². The molecule has 178 valence electrons. The number of hydrogen-bond acceptors (Lipinski definition) is 0. The molecule has 0 saturated heterocycles. The van der Waals surface area contributed by atoms with Gasteiger partial charge in [-0.05, 0) is 102 Å². The molecule has 0 spiro atoms. The Hall–Kier alpha value is -4.68. The van der Waals surface area contributed by atoms with Gasteiger partial charge < -0.3 is 0 Å². The smallest absolute Gasteiger partial charge is 0.00132 e. The quantitative estimate of drug-likeness (QED) is 0.235. The van der Waals surface area contributed by atoms with Crippen LogP contribution in [0, 0.1) is 0 Å². The fraction of sp³-hybridized carbons (Fsp3) is 0.0526. The minimum Gasteiger partial charge on any atom is -0.0616 e. The molecule has 0 bridgehead atoms. The molecule has 6 aromatic carbocycles. The van der Waals surface area contributed by atoms with Gasteiger partial charge in [-0.25, -0.2) is 0 Å². The van der Waals surface area contributed by atoms with Crippen molar-refractivity contribution in [2.75, 3.05) is 0 Å². The van der Waals surface area contributed by atoms with Crippen molar-refractivity contribution in [3.63, 3.8) is 0 Å². The van der Waals surface area contributed by atoms with Gasteiger partial charge in [0.25, 0.3) is 0 Å². The molecule has 38 heavy (non-hydrogen) atoms. The van der Waals surface area contributed by atoms with Gasteiger partial charge in [-0.3, -0.25) is 0 Å². The zero-order chi connectivity index (χ0) is 25.1. The van der Waals surface area contributed by atoms with E-state index in [0.29, 0.717) is 0 Å². The van der Waals surface area contributed by atoms with E-state index in [9.17, 15) is 0 Å². The molecule has 8 rings (SSSR count). The van der Waals surface area contributed by atoms with Gasteiger partial charge in [-0.2, -0.15) is 0 Å². The molecule has 0 unspecified atom stereocenters. The van der Waals surface area contributed by atoms with Crippen LogP contribution in [0.4, 0.5) is 0 Å². The second-order valence-corrected chi connectivity index (χ2v) is 10.6. The highest BCUT2D eigenvalue weighted by Gasteiger charge is 2.21. The fourth-order valence-electron chi connectivity index (χ4n) is 6.41. The minimum absolute atomic E-state index is 0.972. The first kappa shape index (κ1) is 21.4. The predicted molar refractivity (Wildman–Crippen MR) is 163 cm³/mol. The first-order valence-electron chi connectivity index (χ1n) is 13.4. The highest BCUT2D eigenvalue weighted by molar-refractivity contribution is 6.01. The molecule has 0 aromatic heterocycles. The number of rotatable bonds is 3. The van der Waals surface area contributed by atoms with Crippen molar-refractivity contribution in [2.24, 2.45) is 0 Å². The molecule has 0 atom stereocenters. The summed E-state index contributed by atoms with van der Waals surface area (Å²) in [5, 5.41) is 5.26. The van der Waals surface area contributed by atoms with Crippen LogP contribution < -0.4 is 0 Å². The van der Waals surface area contributed by atoms with Gasteiger partial charge in [-0.1, -0.05) is 121 Å². The van der Waals surface area contributed by atoms with E-state index in [2.05, 4.69) is 133 Å². The van der Waals surface area contributed by atoms with Crippen LogP contribution in [0.3, 0.4) is 0 Å². The molecular weight excluding hydrogens is 456 g/mol. The maximum absolute atomic E-state index is 2.40. The third kappa shape index (κ3) is 3.45. The molecule has 0 radical (unpaired) electrons. The number of hydrogen-bond donors (Lipinski definition) is 0. The lowest BCUT2D eigenvalue weighted by Crippen LogP contribution is -1.95. The topological polar surface area (TPSA) is 0 Å². The van der Waals surface area contributed by atoms with E-state index in [4.69, 9.17) is 0 Å². The predicted octanol–water partition coefficient (Wildman–Crippen LogP) is 9.85. The van der Waals surface area contributed by atoms with E-state index in [-0.39, 0.29) is 0 Å². The van der Waals surface area contributed by atoms with Crippen LogP contribution in [0.15, 0.2) is 121 Å². The lowest BCUT2D eigenvalue weighted by atomic mass is 9.88. The summed E-state index contributed by atoms with van der Waals surface area (Å²) in [5.74, 6) is 0. The van der Waals surface area contributed by atoms with Gasteiger partial charge in [0, 0.05) is 0 Å². The summed E-state index contributed by atoms with van der Waals surface area (Å²) in [6.45, 7) is 0. The molecule has 6 aromatic rings. The lowest BCUT2D eigenvalue weighted by molar-refractivity contribution is 1.32. The first-order chi connectivity index (χ1) is 18.8. The second kappa shape index (κ2) is 8.43. The van der Waals surface area contributed by atoms with Crippen LogP contribution >= 0.6 is 0 Å². The fourth-order valence-corrected chi connectivity index (χ4v) is 6.41. The molecule has 0 heteroatoms.